The third-order valence-corrected chi connectivity index (χ3v) is 2.90. The summed E-state index contributed by atoms with van der Waals surface area (Å²) < 4.78 is 5.19. The smallest absolute Gasteiger partial charge is 0.245 e. The average molecular weight is 229 g/mol. The molecule has 1 aliphatic carbocycles. The SMILES string of the molecule is c1ccc(NCc2nc(CC3CC3)no2)cc1. The number of para-hydroxylation sites is 1. The summed E-state index contributed by atoms with van der Waals surface area (Å²) in [5.41, 5.74) is 1.06. The van der Waals surface area contributed by atoms with E-state index in [0.29, 0.717) is 12.4 Å². The van der Waals surface area contributed by atoms with Crippen LogP contribution in [0.25, 0.3) is 0 Å². The van der Waals surface area contributed by atoms with Gasteiger partial charge in [0.1, 0.15) is 0 Å². The summed E-state index contributed by atoms with van der Waals surface area (Å²) in [6.45, 7) is 0.585. The fourth-order valence-corrected chi connectivity index (χ4v) is 1.76. The number of hydrogen-bond acceptors (Lipinski definition) is 4. The summed E-state index contributed by atoms with van der Waals surface area (Å²) >= 11 is 0. The summed E-state index contributed by atoms with van der Waals surface area (Å²) in [5.74, 6) is 2.30. The molecule has 1 fully saturated rings. The summed E-state index contributed by atoms with van der Waals surface area (Å²) in [6.07, 6.45) is 3.59. The normalized spacial score (nSPS) is 14.8. The van der Waals surface area contributed by atoms with Gasteiger partial charge in [-0.25, -0.2) is 0 Å². The van der Waals surface area contributed by atoms with Crippen LogP contribution in [-0.4, -0.2) is 10.1 Å². The maximum Gasteiger partial charge on any atom is 0.245 e. The summed E-state index contributed by atoms with van der Waals surface area (Å²) in [5, 5.41) is 7.23. The number of aromatic nitrogens is 2. The number of rotatable bonds is 5. The lowest BCUT2D eigenvalue weighted by Crippen LogP contribution is -1.99. The van der Waals surface area contributed by atoms with Crippen molar-refractivity contribution in [3.63, 3.8) is 0 Å². The number of anilines is 1. The zero-order chi connectivity index (χ0) is 11.5. The lowest BCUT2D eigenvalue weighted by molar-refractivity contribution is 0.377. The highest BCUT2D eigenvalue weighted by atomic mass is 16.5. The van der Waals surface area contributed by atoms with E-state index >= 15 is 0 Å². The van der Waals surface area contributed by atoms with Crippen LogP contribution >= 0.6 is 0 Å². The zero-order valence-electron chi connectivity index (χ0n) is 9.60. The summed E-state index contributed by atoms with van der Waals surface area (Å²) in [4.78, 5) is 4.37. The molecular formula is C13H15N3O. The van der Waals surface area contributed by atoms with Crippen LogP contribution in [0.4, 0.5) is 5.69 Å². The van der Waals surface area contributed by atoms with Crippen molar-refractivity contribution < 1.29 is 4.52 Å². The molecule has 1 aliphatic rings. The standard InChI is InChI=1S/C13H15N3O/c1-2-4-11(5-3-1)14-9-13-15-12(16-17-13)8-10-6-7-10/h1-5,10,14H,6-9H2. The Kier molecular flexibility index (Phi) is 2.78. The van der Waals surface area contributed by atoms with Gasteiger partial charge in [0.2, 0.25) is 5.89 Å². The maximum absolute atomic E-state index is 5.19. The van der Waals surface area contributed by atoms with Crippen LogP contribution in [-0.2, 0) is 13.0 Å². The van der Waals surface area contributed by atoms with Crippen molar-refractivity contribution in [1.29, 1.82) is 0 Å². The Bertz CT molecular complexity index is 476. The van der Waals surface area contributed by atoms with Gasteiger partial charge in [-0.15, -0.1) is 0 Å². The van der Waals surface area contributed by atoms with E-state index in [2.05, 4.69) is 15.5 Å². The molecule has 1 heterocycles. The van der Waals surface area contributed by atoms with E-state index in [-0.39, 0.29) is 0 Å². The molecule has 1 aromatic carbocycles. The monoisotopic (exact) mass is 229 g/mol. The predicted octanol–water partition coefficient (Wildman–Crippen LogP) is 2.63. The third kappa shape index (κ3) is 2.84. The first-order valence-electron chi connectivity index (χ1n) is 6.00. The number of nitrogens with zero attached hydrogens (tertiary/aromatic N) is 2. The van der Waals surface area contributed by atoms with Gasteiger partial charge >= 0.3 is 0 Å². The molecule has 4 nitrogen and oxygen atoms in total. The molecule has 0 aliphatic heterocycles. The number of benzene rings is 1. The average Bonchev–Trinajstić information content (AvgIpc) is 3.06. The van der Waals surface area contributed by atoms with Gasteiger partial charge in [-0.1, -0.05) is 23.4 Å². The maximum atomic E-state index is 5.19. The molecule has 1 aromatic heterocycles. The molecule has 0 amide bonds. The molecule has 0 unspecified atom stereocenters. The van der Waals surface area contributed by atoms with Gasteiger partial charge < -0.3 is 9.84 Å². The largest absolute Gasteiger partial charge is 0.376 e. The van der Waals surface area contributed by atoms with Crippen LogP contribution in [0, 0.1) is 5.92 Å². The molecule has 17 heavy (non-hydrogen) atoms. The highest BCUT2D eigenvalue weighted by Crippen LogP contribution is 2.31. The van der Waals surface area contributed by atoms with Crippen LogP contribution < -0.4 is 5.32 Å². The number of hydrogen-bond donors (Lipinski definition) is 1. The Morgan fingerprint density at radius 2 is 2.06 bits per heavy atom. The molecule has 0 radical (unpaired) electrons. The van der Waals surface area contributed by atoms with Gasteiger partial charge in [0.15, 0.2) is 5.82 Å². The van der Waals surface area contributed by atoms with Crippen LogP contribution in [0.3, 0.4) is 0 Å². The Balaban J connectivity index is 1.55. The molecule has 1 saturated carbocycles. The second-order valence-electron chi connectivity index (χ2n) is 4.47. The highest BCUT2D eigenvalue weighted by molar-refractivity contribution is 5.42. The molecule has 4 heteroatoms. The van der Waals surface area contributed by atoms with Crippen LogP contribution in [0.5, 0.6) is 0 Å². The predicted molar refractivity (Wildman–Crippen MR) is 64.5 cm³/mol. The first-order chi connectivity index (χ1) is 8.40. The second kappa shape index (κ2) is 4.57. The van der Waals surface area contributed by atoms with Crippen molar-refractivity contribution >= 4 is 5.69 Å². The fraction of sp³-hybridized carbons (Fsp3) is 0.385. The minimum absolute atomic E-state index is 0.585. The van der Waals surface area contributed by atoms with Gasteiger partial charge in [-0.05, 0) is 30.9 Å². The fourth-order valence-electron chi connectivity index (χ4n) is 1.76. The molecule has 0 spiro atoms. The van der Waals surface area contributed by atoms with E-state index in [4.69, 9.17) is 4.52 Å². The third-order valence-electron chi connectivity index (χ3n) is 2.90. The van der Waals surface area contributed by atoms with Crippen molar-refractivity contribution in [3.05, 3.63) is 42.0 Å². The Labute approximate surface area is 100 Å². The minimum Gasteiger partial charge on any atom is -0.376 e. The van der Waals surface area contributed by atoms with E-state index < -0.39 is 0 Å². The van der Waals surface area contributed by atoms with E-state index in [1.54, 1.807) is 0 Å². The first-order valence-corrected chi connectivity index (χ1v) is 6.00. The van der Waals surface area contributed by atoms with Crippen LogP contribution in [0.15, 0.2) is 34.9 Å². The first kappa shape index (κ1) is 10.3. The van der Waals surface area contributed by atoms with Crippen molar-refractivity contribution in [2.24, 2.45) is 5.92 Å². The van der Waals surface area contributed by atoms with Crippen molar-refractivity contribution in [2.45, 2.75) is 25.8 Å². The van der Waals surface area contributed by atoms with Gasteiger partial charge in [0.25, 0.3) is 0 Å². The Morgan fingerprint density at radius 3 is 2.82 bits per heavy atom. The lowest BCUT2D eigenvalue weighted by atomic mass is 10.3. The van der Waals surface area contributed by atoms with Gasteiger partial charge in [0.05, 0.1) is 6.54 Å². The molecule has 1 N–H and O–H groups in total. The molecule has 0 atom stereocenters. The summed E-state index contributed by atoms with van der Waals surface area (Å²) in [6, 6.07) is 10.0. The molecule has 2 aromatic rings. The van der Waals surface area contributed by atoms with E-state index in [1.807, 2.05) is 30.3 Å². The second-order valence-corrected chi connectivity index (χ2v) is 4.47. The van der Waals surface area contributed by atoms with Crippen molar-refractivity contribution in [2.75, 3.05) is 5.32 Å². The molecule has 3 rings (SSSR count). The number of nitrogens with one attached hydrogen (secondary N) is 1. The molecule has 0 saturated heterocycles. The Hall–Kier alpha value is -1.84. The van der Waals surface area contributed by atoms with Gasteiger partial charge in [0, 0.05) is 12.1 Å². The van der Waals surface area contributed by atoms with Gasteiger partial charge in [-0.3, -0.25) is 0 Å². The van der Waals surface area contributed by atoms with Crippen molar-refractivity contribution in [1.82, 2.24) is 10.1 Å². The summed E-state index contributed by atoms with van der Waals surface area (Å²) in [7, 11) is 0. The lowest BCUT2D eigenvalue weighted by Gasteiger charge is -2.01. The Morgan fingerprint density at radius 1 is 1.24 bits per heavy atom. The van der Waals surface area contributed by atoms with Crippen LogP contribution in [0.2, 0.25) is 0 Å². The highest BCUT2D eigenvalue weighted by Gasteiger charge is 2.23. The molecular weight excluding hydrogens is 214 g/mol. The van der Waals surface area contributed by atoms with E-state index in [9.17, 15) is 0 Å². The van der Waals surface area contributed by atoms with E-state index in [0.717, 1.165) is 23.9 Å². The van der Waals surface area contributed by atoms with Crippen molar-refractivity contribution in [3.8, 4) is 0 Å². The minimum atomic E-state index is 0.585. The van der Waals surface area contributed by atoms with E-state index in [1.165, 1.54) is 12.8 Å². The topological polar surface area (TPSA) is 51.0 Å². The zero-order valence-corrected chi connectivity index (χ0v) is 9.60. The molecule has 0 bridgehead atoms. The quantitative estimate of drug-likeness (QED) is 0.856. The van der Waals surface area contributed by atoms with Gasteiger partial charge in [-0.2, -0.15) is 4.98 Å². The molecule has 88 valence electrons. The van der Waals surface area contributed by atoms with Crippen LogP contribution in [0.1, 0.15) is 24.6 Å².